The first-order valence-electron chi connectivity index (χ1n) is 4.99. The fourth-order valence-corrected chi connectivity index (χ4v) is 2.46. The Morgan fingerprint density at radius 1 is 1.20 bits per heavy atom. The van der Waals surface area contributed by atoms with Gasteiger partial charge in [0.25, 0.3) is 0 Å². The molecular weight excluding hydrogens is 204 g/mol. The van der Waals surface area contributed by atoms with Gasteiger partial charge in [-0.15, -0.1) is 11.3 Å². The molecule has 0 aliphatic heterocycles. The Hall–Kier alpha value is -1.41. The molecule has 0 atom stereocenters. The Morgan fingerprint density at radius 2 is 1.93 bits per heavy atom. The van der Waals surface area contributed by atoms with Crippen LogP contribution in [0.2, 0.25) is 0 Å². The normalized spacial score (nSPS) is 10.2. The van der Waals surface area contributed by atoms with Crippen molar-refractivity contribution in [3.8, 4) is 11.1 Å². The monoisotopic (exact) mass is 216 g/mol. The van der Waals surface area contributed by atoms with Crippen LogP contribution in [0.25, 0.3) is 11.1 Å². The molecule has 0 unspecified atom stereocenters. The summed E-state index contributed by atoms with van der Waals surface area (Å²) in [6.45, 7) is 1.90. The van der Waals surface area contributed by atoms with Gasteiger partial charge in [-0.1, -0.05) is 37.3 Å². The van der Waals surface area contributed by atoms with Crippen molar-refractivity contribution < 1.29 is 4.79 Å². The zero-order valence-electron chi connectivity index (χ0n) is 8.57. The van der Waals surface area contributed by atoms with Crippen LogP contribution in [0.5, 0.6) is 0 Å². The van der Waals surface area contributed by atoms with Crippen LogP contribution in [0.4, 0.5) is 0 Å². The first-order valence-corrected chi connectivity index (χ1v) is 5.87. The van der Waals surface area contributed by atoms with Crippen molar-refractivity contribution in [1.82, 2.24) is 0 Å². The SMILES string of the molecule is CCC(=O)c1sccc1-c1ccccc1. The summed E-state index contributed by atoms with van der Waals surface area (Å²) >= 11 is 1.53. The fourth-order valence-electron chi connectivity index (χ4n) is 1.53. The topological polar surface area (TPSA) is 17.1 Å². The smallest absolute Gasteiger partial charge is 0.173 e. The summed E-state index contributed by atoms with van der Waals surface area (Å²) in [4.78, 5) is 12.6. The van der Waals surface area contributed by atoms with Crippen molar-refractivity contribution in [3.05, 3.63) is 46.7 Å². The quantitative estimate of drug-likeness (QED) is 0.708. The zero-order valence-corrected chi connectivity index (χ0v) is 9.38. The molecule has 76 valence electrons. The Morgan fingerprint density at radius 3 is 2.60 bits per heavy atom. The van der Waals surface area contributed by atoms with Crippen molar-refractivity contribution in [2.45, 2.75) is 13.3 Å². The summed E-state index contributed by atoms with van der Waals surface area (Å²) < 4.78 is 0. The van der Waals surface area contributed by atoms with E-state index < -0.39 is 0 Å². The highest BCUT2D eigenvalue weighted by Crippen LogP contribution is 2.28. The molecule has 2 heteroatoms. The van der Waals surface area contributed by atoms with Crippen molar-refractivity contribution in [2.24, 2.45) is 0 Å². The first-order chi connectivity index (χ1) is 7.33. The van der Waals surface area contributed by atoms with Gasteiger partial charge in [0.05, 0.1) is 4.88 Å². The number of carbonyl (C=O) groups is 1. The van der Waals surface area contributed by atoms with E-state index in [0.29, 0.717) is 6.42 Å². The van der Waals surface area contributed by atoms with E-state index in [1.807, 2.05) is 48.7 Å². The van der Waals surface area contributed by atoms with E-state index in [0.717, 1.165) is 16.0 Å². The van der Waals surface area contributed by atoms with E-state index in [1.54, 1.807) is 0 Å². The second-order valence-corrected chi connectivity index (χ2v) is 4.22. The summed E-state index contributed by atoms with van der Waals surface area (Å²) in [5.74, 6) is 0.226. The molecule has 0 radical (unpaired) electrons. The highest BCUT2D eigenvalue weighted by Gasteiger charge is 2.11. The average molecular weight is 216 g/mol. The summed E-state index contributed by atoms with van der Waals surface area (Å²) in [6.07, 6.45) is 0.570. The van der Waals surface area contributed by atoms with Gasteiger partial charge >= 0.3 is 0 Å². The molecule has 0 bridgehead atoms. The van der Waals surface area contributed by atoms with Crippen molar-refractivity contribution in [3.63, 3.8) is 0 Å². The minimum Gasteiger partial charge on any atom is -0.293 e. The lowest BCUT2D eigenvalue weighted by Crippen LogP contribution is -1.94. The van der Waals surface area contributed by atoms with Crippen LogP contribution in [0, 0.1) is 0 Å². The van der Waals surface area contributed by atoms with Crippen LogP contribution >= 0.6 is 11.3 Å². The average Bonchev–Trinajstić information content (AvgIpc) is 2.78. The largest absolute Gasteiger partial charge is 0.293 e. The molecule has 1 aromatic heterocycles. The molecule has 1 nitrogen and oxygen atoms in total. The molecule has 0 fully saturated rings. The molecule has 15 heavy (non-hydrogen) atoms. The van der Waals surface area contributed by atoms with Gasteiger partial charge in [0.15, 0.2) is 5.78 Å². The number of thiophene rings is 1. The molecule has 0 aliphatic carbocycles. The second kappa shape index (κ2) is 4.41. The Balaban J connectivity index is 2.46. The summed E-state index contributed by atoms with van der Waals surface area (Å²) in [5, 5.41) is 1.98. The van der Waals surface area contributed by atoms with Crippen molar-refractivity contribution >= 4 is 17.1 Å². The van der Waals surface area contributed by atoms with E-state index in [-0.39, 0.29) is 5.78 Å². The fraction of sp³-hybridized carbons (Fsp3) is 0.154. The molecule has 0 saturated carbocycles. The molecule has 0 aliphatic rings. The number of rotatable bonds is 3. The minimum atomic E-state index is 0.226. The van der Waals surface area contributed by atoms with Crippen molar-refractivity contribution in [2.75, 3.05) is 0 Å². The third-order valence-electron chi connectivity index (χ3n) is 2.32. The lowest BCUT2D eigenvalue weighted by atomic mass is 10.0. The summed E-state index contributed by atoms with van der Waals surface area (Å²) in [6, 6.07) is 12.1. The number of benzene rings is 1. The number of hydrogen-bond acceptors (Lipinski definition) is 2. The van der Waals surface area contributed by atoms with Gasteiger partial charge in [-0.3, -0.25) is 4.79 Å². The van der Waals surface area contributed by atoms with Crippen LogP contribution in [-0.4, -0.2) is 5.78 Å². The predicted octanol–water partition coefficient (Wildman–Crippen LogP) is 4.01. The third kappa shape index (κ3) is 2.00. The van der Waals surface area contributed by atoms with E-state index in [2.05, 4.69) is 0 Å². The predicted molar refractivity (Wildman–Crippen MR) is 64.4 cm³/mol. The van der Waals surface area contributed by atoms with Crippen molar-refractivity contribution in [1.29, 1.82) is 0 Å². The number of Topliss-reactive ketones (excluding diaryl/α,β-unsaturated/α-hetero) is 1. The summed E-state index contributed by atoms with van der Waals surface area (Å²) in [7, 11) is 0. The zero-order chi connectivity index (χ0) is 10.7. The third-order valence-corrected chi connectivity index (χ3v) is 3.28. The Bertz CT molecular complexity index is 456. The lowest BCUT2D eigenvalue weighted by molar-refractivity contribution is 0.0992. The molecule has 0 saturated heterocycles. The molecular formula is C13H12OS. The molecule has 0 spiro atoms. The van der Waals surface area contributed by atoms with Gasteiger partial charge in [0.1, 0.15) is 0 Å². The van der Waals surface area contributed by atoms with E-state index in [1.165, 1.54) is 11.3 Å². The number of ketones is 1. The molecule has 1 aromatic carbocycles. The molecule has 0 amide bonds. The Kier molecular flexibility index (Phi) is 2.97. The van der Waals surface area contributed by atoms with Gasteiger partial charge in [-0.25, -0.2) is 0 Å². The van der Waals surface area contributed by atoms with E-state index in [9.17, 15) is 4.79 Å². The van der Waals surface area contributed by atoms with Crippen LogP contribution in [0.1, 0.15) is 23.0 Å². The molecule has 2 rings (SSSR count). The van der Waals surface area contributed by atoms with Crippen LogP contribution in [0.3, 0.4) is 0 Å². The van der Waals surface area contributed by atoms with Crippen LogP contribution in [0.15, 0.2) is 41.8 Å². The van der Waals surface area contributed by atoms with E-state index in [4.69, 9.17) is 0 Å². The van der Waals surface area contributed by atoms with Gasteiger partial charge in [-0.2, -0.15) is 0 Å². The van der Waals surface area contributed by atoms with Gasteiger partial charge in [0, 0.05) is 12.0 Å². The number of carbonyl (C=O) groups excluding carboxylic acids is 1. The van der Waals surface area contributed by atoms with Crippen LogP contribution in [-0.2, 0) is 0 Å². The van der Waals surface area contributed by atoms with E-state index >= 15 is 0 Å². The van der Waals surface area contributed by atoms with Gasteiger partial charge < -0.3 is 0 Å². The second-order valence-electron chi connectivity index (χ2n) is 3.31. The Labute approximate surface area is 93.4 Å². The molecule has 2 aromatic rings. The maximum Gasteiger partial charge on any atom is 0.173 e. The highest BCUT2D eigenvalue weighted by molar-refractivity contribution is 7.12. The van der Waals surface area contributed by atoms with Gasteiger partial charge in [-0.05, 0) is 17.0 Å². The molecule has 1 heterocycles. The maximum atomic E-state index is 11.7. The maximum absolute atomic E-state index is 11.7. The highest BCUT2D eigenvalue weighted by atomic mass is 32.1. The first kappa shape index (κ1) is 10.1. The molecule has 0 N–H and O–H groups in total. The lowest BCUT2D eigenvalue weighted by Gasteiger charge is -2.01. The number of hydrogen-bond donors (Lipinski definition) is 0. The van der Waals surface area contributed by atoms with Crippen LogP contribution < -0.4 is 0 Å². The standard InChI is InChI=1S/C13H12OS/c1-2-12(14)13-11(8-9-15-13)10-6-4-3-5-7-10/h3-9H,2H2,1H3. The minimum absolute atomic E-state index is 0.226. The summed E-state index contributed by atoms with van der Waals surface area (Å²) in [5.41, 5.74) is 2.18. The van der Waals surface area contributed by atoms with Gasteiger partial charge in [0.2, 0.25) is 0 Å².